The van der Waals surface area contributed by atoms with Gasteiger partial charge < -0.3 is 10.4 Å². The molecule has 6 nitrogen and oxygen atoms in total. The smallest absolute Gasteiger partial charge is 0.261 e. The van der Waals surface area contributed by atoms with Crippen molar-refractivity contribution >= 4 is 16.7 Å². The number of aliphatic hydroxyl groups is 1. The molecule has 2 N–H and O–H groups in total. The Labute approximate surface area is 132 Å². The number of rotatable bonds is 4. The van der Waals surface area contributed by atoms with Crippen molar-refractivity contribution in [3.8, 4) is 0 Å². The molecule has 7 heteroatoms. The molecule has 1 saturated heterocycles. The molecule has 2 aromatic rings. The number of hydrogen-bond acceptors (Lipinski definition) is 5. The van der Waals surface area contributed by atoms with E-state index in [1.807, 2.05) is 0 Å². The van der Waals surface area contributed by atoms with E-state index in [0.717, 1.165) is 0 Å². The molecule has 3 rings (SSSR count). The maximum atomic E-state index is 13.1. The second kappa shape index (κ2) is 6.55. The first-order valence-electron chi connectivity index (χ1n) is 7.56. The lowest BCUT2D eigenvalue weighted by Crippen LogP contribution is -2.50. The van der Waals surface area contributed by atoms with Crippen molar-refractivity contribution in [3.05, 3.63) is 40.9 Å². The van der Waals surface area contributed by atoms with Crippen LogP contribution < -0.4 is 10.9 Å². The third-order valence-electron chi connectivity index (χ3n) is 4.09. The van der Waals surface area contributed by atoms with Gasteiger partial charge in [0.15, 0.2) is 5.78 Å². The zero-order chi connectivity index (χ0) is 16.4. The fourth-order valence-electron chi connectivity index (χ4n) is 2.85. The molecule has 2 heterocycles. The van der Waals surface area contributed by atoms with Crippen LogP contribution >= 0.6 is 0 Å². The molecule has 1 aromatic heterocycles. The molecular formula is C16H18FN3O3. The Hall–Kier alpha value is -2.12. The topological polar surface area (TPSA) is 84.2 Å². The Morgan fingerprint density at radius 3 is 3.00 bits per heavy atom. The standard InChI is InChI=1S/C16H18FN3O3/c17-10-5-15(22)14(18-7-10)6-11(21)8-20-9-19-13-4-2-1-3-12(13)16(20)23/h1-4,9-10,14-15,18,22H,5-8H2/t10-,14+,15-/m1/s1. The lowest BCUT2D eigenvalue weighted by Gasteiger charge is -2.30. The van der Waals surface area contributed by atoms with Gasteiger partial charge in [0.05, 0.1) is 29.9 Å². The summed E-state index contributed by atoms with van der Waals surface area (Å²) in [7, 11) is 0. The van der Waals surface area contributed by atoms with Crippen LogP contribution in [0.5, 0.6) is 0 Å². The molecular weight excluding hydrogens is 301 g/mol. The molecule has 0 radical (unpaired) electrons. The maximum Gasteiger partial charge on any atom is 0.261 e. The Balaban J connectivity index is 1.71. The molecule has 0 aliphatic carbocycles. The quantitative estimate of drug-likeness (QED) is 0.853. The number of halogens is 1. The number of hydrogen-bond donors (Lipinski definition) is 2. The number of nitrogens with one attached hydrogen (secondary N) is 1. The van der Waals surface area contributed by atoms with Crippen molar-refractivity contribution in [1.29, 1.82) is 0 Å². The first kappa shape index (κ1) is 15.8. The lowest BCUT2D eigenvalue weighted by atomic mass is 9.96. The lowest BCUT2D eigenvalue weighted by molar-refractivity contribution is -0.121. The number of fused-ring (bicyclic) bond motifs is 1. The number of piperidine rings is 1. The summed E-state index contributed by atoms with van der Waals surface area (Å²) in [6, 6.07) is 6.46. The molecule has 0 unspecified atom stereocenters. The number of aromatic nitrogens is 2. The number of aliphatic hydroxyl groups excluding tert-OH is 1. The second-order valence-electron chi connectivity index (χ2n) is 5.85. The molecule has 0 amide bonds. The van der Waals surface area contributed by atoms with E-state index < -0.39 is 18.3 Å². The van der Waals surface area contributed by atoms with Gasteiger partial charge in [0.2, 0.25) is 0 Å². The number of nitrogens with zero attached hydrogens (tertiary/aromatic N) is 2. The number of para-hydroxylation sites is 1. The largest absolute Gasteiger partial charge is 0.391 e. The highest BCUT2D eigenvalue weighted by Gasteiger charge is 2.30. The van der Waals surface area contributed by atoms with Crippen LogP contribution in [0.1, 0.15) is 12.8 Å². The number of carbonyl (C=O) groups is 1. The molecule has 1 aliphatic heterocycles. The molecule has 3 atom stereocenters. The van der Waals surface area contributed by atoms with Crippen LogP contribution in [0.2, 0.25) is 0 Å². The summed E-state index contributed by atoms with van der Waals surface area (Å²) < 4.78 is 14.4. The van der Waals surface area contributed by atoms with Gasteiger partial charge in [0.1, 0.15) is 6.17 Å². The van der Waals surface area contributed by atoms with Gasteiger partial charge in [-0.1, -0.05) is 12.1 Å². The first-order chi connectivity index (χ1) is 11.0. The number of benzene rings is 1. The van der Waals surface area contributed by atoms with Crippen LogP contribution in [0.3, 0.4) is 0 Å². The average molecular weight is 319 g/mol. The van der Waals surface area contributed by atoms with Gasteiger partial charge in [-0.25, -0.2) is 9.37 Å². The van der Waals surface area contributed by atoms with Crippen molar-refractivity contribution in [3.63, 3.8) is 0 Å². The monoisotopic (exact) mass is 319 g/mol. The number of ketones is 1. The van der Waals surface area contributed by atoms with Gasteiger partial charge in [0.25, 0.3) is 5.56 Å². The van der Waals surface area contributed by atoms with Gasteiger partial charge >= 0.3 is 0 Å². The van der Waals surface area contributed by atoms with Gasteiger partial charge in [-0.05, 0) is 12.1 Å². The minimum absolute atomic E-state index is 0.0302. The van der Waals surface area contributed by atoms with Crippen molar-refractivity contribution < 1.29 is 14.3 Å². The van der Waals surface area contributed by atoms with Gasteiger partial charge in [0, 0.05) is 25.4 Å². The van der Waals surface area contributed by atoms with Crippen molar-refractivity contribution in [2.24, 2.45) is 0 Å². The summed E-state index contributed by atoms with van der Waals surface area (Å²) in [6.45, 7) is 0.0209. The molecule has 0 bridgehead atoms. The molecule has 0 saturated carbocycles. The second-order valence-corrected chi connectivity index (χ2v) is 5.85. The predicted molar refractivity (Wildman–Crippen MR) is 82.9 cm³/mol. The minimum atomic E-state index is -1.09. The fourth-order valence-corrected chi connectivity index (χ4v) is 2.85. The summed E-state index contributed by atoms with van der Waals surface area (Å²) >= 11 is 0. The van der Waals surface area contributed by atoms with E-state index in [9.17, 15) is 19.1 Å². The van der Waals surface area contributed by atoms with Crippen LogP contribution in [0, 0.1) is 0 Å². The third-order valence-corrected chi connectivity index (χ3v) is 4.09. The van der Waals surface area contributed by atoms with E-state index >= 15 is 0 Å². The van der Waals surface area contributed by atoms with Crippen LogP contribution in [-0.4, -0.2) is 45.3 Å². The van der Waals surface area contributed by atoms with Crippen molar-refractivity contribution in [1.82, 2.24) is 14.9 Å². The highest BCUT2D eigenvalue weighted by Crippen LogP contribution is 2.15. The van der Waals surface area contributed by atoms with E-state index in [-0.39, 0.29) is 37.3 Å². The number of alkyl halides is 1. The van der Waals surface area contributed by atoms with Gasteiger partial charge in [-0.2, -0.15) is 0 Å². The van der Waals surface area contributed by atoms with Crippen LogP contribution in [-0.2, 0) is 11.3 Å². The Morgan fingerprint density at radius 2 is 2.22 bits per heavy atom. The summed E-state index contributed by atoms with van der Waals surface area (Å²) in [5.41, 5.74) is 0.310. The molecule has 122 valence electrons. The zero-order valence-electron chi connectivity index (χ0n) is 12.5. The van der Waals surface area contributed by atoms with Crippen LogP contribution in [0.4, 0.5) is 4.39 Å². The Kier molecular flexibility index (Phi) is 4.49. The fraction of sp³-hybridized carbons (Fsp3) is 0.438. The van der Waals surface area contributed by atoms with Gasteiger partial charge in [-0.3, -0.25) is 14.2 Å². The normalized spacial score (nSPS) is 24.7. The average Bonchev–Trinajstić information content (AvgIpc) is 2.53. The van der Waals surface area contributed by atoms with E-state index in [0.29, 0.717) is 10.9 Å². The van der Waals surface area contributed by atoms with Gasteiger partial charge in [-0.15, -0.1) is 0 Å². The van der Waals surface area contributed by atoms with Crippen molar-refractivity contribution in [2.75, 3.05) is 6.54 Å². The zero-order valence-corrected chi connectivity index (χ0v) is 12.5. The summed E-state index contributed by atoms with van der Waals surface area (Å²) in [6.07, 6.45) is -0.557. The SMILES string of the molecule is O=C(C[C@@H]1NC[C@H](F)C[C@H]1O)Cn1cnc2ccccc2c1=O. The summed E-state index contributed by atoms with van der Waals surface area (Å²) in [5.74, 6) is -0.210. The molecule has 0 spiro atoms. The van der Waals surface area contributed by atoms with E-state index in [1.165, 1.54) is 10.9 Å². The highest BCUT2D eigenvalue weighted by atomic mass is 19.1. The maximum absolute atomic E-state index is 13.1. The number of carbonyl (C=O) groups excluding carboxylic acids is 1. The van der Waals surface area contributed by atoms with E-state index in [2.05, 4.69) is 10.3 Å². The Bertz CT molecular complexity index is 776. The molecule has 1 aliphatic rings. The van der Waals surface area contributed by atoms with E-state index in [4.69, 9.17) is 0 Å². The highest BCUT2D eigenvalue weighted by molar-refractivity contribution is 5.80. The van der Waals surface area contributed by atoms with Crippen LogP contribution in [0.15, 0.2) is 35.4 Å². The molecule has 23 heavy (non-hydrogen) atoms. The number of Topliss-reactive ketones (excluding diaryl/α,β-unsaturated/α-hetero) is 1. The first-order valence-corrected chi connectivity index (χ1v) is 7.56. The third kappa shape index (κ3) is 3.46. The summed E-state index contributed by atoms with van der Waals surface area (Å²) in [5, 5.41) is 13.1. The minimum Gasteiger partial charge on any atom is -0.391 e. The van der Waals surface area contributed by atoms with Crippen molar-refractivity contribution in [2.45, 2.75) is 37.7 Å². The predicted octanol–water partition coefficient (Wildman–Crippen LogP) is 0.417. The summed E-state index contributed by atoms with van der Waals surface area (Å²) in [4.78, 5) is 28.6. The van der Waals surface area contributed by atoms with E-state index in [1.54, 1.807) is 24.3 Å². The molecule has 1 fully saturated rings. The van der Waals surface area contributed by atoms with Crippen LogP contribution in [0.25, 0.3) is 10.9 Å². The molecule has 1 aromatic carbocycles. The Morgan fingerprint density at radius 1 is 1.43 bits per heavy atom.